The third-order valence-corrected chi connectivity index (χ3v) is 5.40. The average molecular weight is 313 g/mol. The van der Waals surface area contributed by atoms with Crippen molar-refractivity contribution in [3.05, 3.63) is 0 Å². The quantitative estimate of drug-likeness (QED) is 0.809. The van der Waals surface area contributed by atoms with Gasteiger partial charge in [0.05, 0.1) is 18.8 Å². The zero-order valence-electron chi connectivity index (χ0n) is 14.2. The Morgan fingerprint density at radius 3 is 2.64 bits per heavy atom. The lowest BCUT2D eigenvalue weighted by molar-refractivity contribution is -0.0344. The lowest BCUT2D eigenvalue weighted by Crippen LogP contribution is -2.55. The van der Waals surface area contributed by atoms with Crippen LogP contribution in [0.15, 0.2) is 0 Å². The highest BCUT2D eigenvalue weighted by atomic mass is 16.5. The molecule has 2 heterocycles. The number of hydrogen-bond donors (Lipinski definition) is 2. The van der Waals surface area contributed by atoms with Gasteiger partial charge in [0.2, 0.25) is 0 Å². The third-order valence-electron chi connectivity index (χ3n) is 5.40. The molecule has 2 atom stereocenters. The summed E-state index contributed by atoms with van der Waals surface area (Å²) in [4.78, 5) is 16.5. The Labute approximate surface area is 133 Å². The monoisotopic (exact) mass is 313 g/mol. The highest BCUT2D eigenvalue weighted by Crippen LogP contribution is 2.34. The number of morpholine rings is 1. The maximum Gasteiger partial charge on any atom is 0.317 e. The van der Waals surface area contributed by atoms with Crippen molar-refractivity contribution < 1.29 is 14.6 Å². The van der Waals surface area contributed by atoms with Crippen LogP contribution in [0.25, 0.3) is 0 Å². The van der Waals surface area contributed by atoms with Crippen LogP contribution < -0.4 is 5.32 Å². The SMILES string of the molecule is CCC1(CO)CCN(C(=O)N[C@@H](C)[C@@H]2CN(C)CCO2)CC1. The van der Waals surface area contributed by atoms with Crippen LogP contribution in [-0.2, 0) is 4.74 Å². The van der Waals surface area contributed by atoms with Gasteiger partial charge in [-0.25, -0.2) is 4.79 Å². The summed E-state index contributed by atoms with van der Waals surface area (Å²) in [5, 5.41) is 12.6. The molecule has 0 aromatic rings. The second-order valence-electron chi connectivity index (χ2n) is 6.91. The predicted molar refractivity (Wildman–Crippen MR) is 85.8 cm³/mol. The number of likely N-dealkylation sites (tertiary alicyclic amines) is 1. The van der Waals surface area contributed by atoms with E-state index in [0.717, 1.165) is 52.0 Å². The fourth-order valence-corrected chi connectivity index (χ4v) is 3.30. The molecule has 0 bridgehead atoms. The molecule has 128 valence electrons. The highest BCUT2D eigenvalue weighted by molar-refractivity contribution is 5.74. The number of ether oxygens (including phenoxy) is 1. The minimum absolute atomic E-state index is 0.00551. The van der Waals surface area contributed by atoms with Crippen LogP contribution in [0.4, 0.5) is 4.79 Å². The fourth-order valence-electron chi connectivity index (χ4n) is 3.30. The highest BCUT2D eigenvalue weighted by Gasteiger charge is 2.34. The van der Waals surface area contributed by atoms with Gasteiger partial charge in [-0.3, -0.25) is 0 Å². The van der Waals surface area contributed by atoms with Crippen molar-refractivity contribution in [3.63, 3.8) is 0 Å². The molecule has 2 rings (SSSR count). The molecule has 2 N–H and O–H groups in total. The number of nitrogens with one attached hydrogen (secondary N) is 1. The molecule has 0 radical (unpaired) electrons. The van der Waals surface area contributed by atoms with Crippen LogP contribution in [0, 0.1) is 5.41 Å². The van der Waals surface area contributed by atoms with Crippen LogP contribution in [0.2, 0.25) is 0 Å². The minimum Gasteiger partial charge on any atom is -0.396 e. The summed E-state index contributed by atoms with van der Waals surface area (Å²) < 4.78 is 5.76. The Morgan fingerprint density at radius 1 is 1.41 bits per heavy atom. The van der Waals surface area contributed by atoms with Crippen molar-refractivity contribution in [3.8, 4) is 0 Å². The van der Waals surface area contributed by atoms with Gasteiger partial charge in [-0.1, -0.05) is 6.92 Å². The van der Waals surface area contributed by atoms with Crippen molar-refractivity contribution in [1.82, 2.24) is 15.1 Å². The molecule has 22 heavy (non-hydrogen) atoms. The first-order valence-electron chi connectivity index (χ1n) is 8.46. The zero-order chi connectivity index (χ0) is 16.2. The molecule has 2 aliphatic heterocycles. The van der Waals surface area contributed by atoms with E-state index in [0.29, 0.717) is 0 Å². The number of aliphatic hydroxyl groups is 1. The summed E-state index contributed by atoms with van der Waals surface area (Å²) in [6, 6.07) is -0.00193. The standard InChI is InChI=1S/C16H31N3O3/c1-4-16(12-20)5-7-19(8-6-16)15(21)17-13(2)14-11-18(3)9-10-22-14/h13-14,20H,4-12H2,1-3H3,(H,17,21)/t13-,14-/m0/s1. The van der Waals surface area contributed by atoms with E-state index in [-0.39, 0.29) is 30.2 Å². The molecule has 2 fully saturated rings. The molecular weight excluding hydrogens is 282 g/mol. The molecule has 2 aliphatic rings. The molecule has 6 nitrogen and oxygen atoms in total. The molecule has 0 aliphatic carbocycles. The summed E-state index contributed by atoms with van der Waals surface area (Å²) in [5.41, 5.74) is 0.0115. The van der Waals surface area contributed by atoms with E-state index in [9.17, 15) is 9.90 Å². The van der Waals surface area contributed by atoms with Gasteiger partial charge in [0, 0.05) is 32.8 Å². The molecule has 0 saturated carbocycles. The first kappa shape index (κ1) is 17.5. The molecule has 0 aromatic carbocycles. The fraction of sp³-hybridized carbons (Fsp3) is 0.938. The second-order valence-corrected chi connectivity index (χ2v) is 6.91. The number of carbonyl (C=O) groups excluding carboxylic acids is 1. The lowest BCUT2D eigenvalue weighted by Gasteiger charge is -2.41. The Morgan fingerprint density at radius 2 is 2.09 bits per heavy atom. The summed E-state index contributed by atoms with van der Waals surface area (Å²) in [6.07, 6.45) is 2.78. The second kappa shape index (κ2) is 7.62. The van der Waals surface area contributed by atoms with Crippen molar-refractivity contribution in [2.24, 2.45) is 5.41 Å². The topological polar surface area (TPSA) is 65.0 Å². The van der Waals surface area contributed by atoms with E-state index in [2.05, 4.69) is 24.2 Å². The van der Waals surface area contributed by atoms with Crippen LogP contribution >= 0.6 is 0 Å². The number of amides is 2. The van der Waals surface area contributed by atoms with E-state index in [4.69, 9.17) is 4.74 Å². The van der Waals surface area contributed by atoms with Gasteiger partial charge in [-0.2, -0.15) is 0 Å². The van der Waals surface area contributed by atoms with Crippen LogP contribution in [0.3, 0.4) is 0 Å². The number of hydrogen-bond acceptors (Lipinski definition) is 4. The lowest BCUT2D eigenvalue weighted by atomic mass is 9.77. The summed E-state index contributed by atoms with van der Waals surface area (Å²) in [6.45, 7) is 8.31. The predicted octanol–water partition coefficient (Wildman–Crippen LogP) is 0.900. The number of carbonyl (C=O) groups is 1. The molecule has 2 amide bonds. The van der Waals surface area contributed by atoms with Gasteiger partial charge in [0.15, 0.2) is 0 Å². The average Bonchev–Trinajstić information content (AvgIpc) is 2.54. The van der Waals surface area contributed by atoms with Gasteiger partial charge in [0.1, 0.15) is 0 Å². The minimum atomic E-state index is -0.00744. The normalized spacial score (nSPS) is 27.5. The summed E-state index contributed by atoms with van der Waals surface area (Å²) in [7, 11) is 2.08. The number of aliphatic hydroxyl groups excluding tert-OH is 1. The Kier molecular flexibility index (Phi) is 6.06. The first-order chi connectivity index (χ1) is 10.5. The van der Waals surface area contributed by atoms with E-state index in [1.807, 2.05) is 11.8 Å². The molecule has 2 saturated heterocycles. The van der Waals surface area contributed by atoms with Gasteiger partial charge in [-0.15, -0.1) is 0 Å². The number of likely N-dealkylation sites (N-methyl/N-ethyl adjacent to an activating group) is 1. The number of urea groups is 1. The maximum atomic E-state index is 12.4. The van der Waals surface area contributed by atoms with Crippen LogP contribution in [0.5, 0.6) is 0 Å². The Hall–Kier alpha value is -0.850. The number of piperidine rings is 1. The van der Waals surface area contributed by atoms with E-state index in [1.165, 1.54) is 0 Å². The number of rotatable bonds is 4. The summed E-state index contributed by atoms with van der Waals surface area (Å²) in [5.74, 6) is 0. The van der Waals surface area contributed by atoms with E-state index >= 15 is 0 Å². The molecule has 0 unspecified atom stereocenters. The maximum absolute atomic E-state index is 12.4. The van der Waals surface area contributed by atoms with E-state index < -0.39 is 0 Å². The Balaban J connectivity index is 1.80. The zero-order valence-corrected chi connectivity index (χ0v) is 14.2. The van der Waals surface area contributed by atoms with Crippen LogP contribution in [-0.4, -0.2) is 79.5 Å². The van der Waals surface area contributed by atoms with Gasteiger partial charge in [0.25, 0.3) is 0 Å². The van der Waals surface area contributed by atoms with Gasteiger partial charge < -0.3 is 25.0 Å². The molecule has 6 heteroatoms. The Bertz CT molecular complexity index is 364. The van der Waals surface area contributed by atoms with Crippen molar-refractivity contribution in [2.75, 3.05) is 46.4 Å². The first-order valence-corrected chi connectivity index (χ1v) is 8.46. The number of nitrogens with zero attached hydrogens (tertiary/aromatic N) is 2. The van der Waals surface area contributed by atoms with Crippen molar-refractivity contribution in [2.45, 2.75) is 45.3 Å². The van der Waals surface area contributed by atoms with Crippen molar-refractivity contribution >= 4 is 6.03 Å². The van der Waals surface area contributed by atoms with E-state index in [1.54, 1.807) is 0 Å². The third kappa shape index (κ3) is 4.12. The van der Waals surface area contributed by atoms with Gasteiger partial charge in [-0.05, 0) is 38.6 Å². The summed E-state index contributed by atoms with van der Waals surface area (Å²) >= 11 is 0. The molecule has 0 aromatic heterocycles. The van der Waals surface area contributed by atoms with Gasteiger partial charge >= 0.3 is 6.03 Å². The smallest absolute Gasteiger partial charge is 0.317 e. The largest absolute Gasteiger partial charge is 0.396 e. The molecule has 0 spiro atoms. The molecular formula is C16H31N3O3. The van der Waals surface area contributed by atoms with Crippen molar-refractivity contribution in [1.29, 1.82) is 0 Å². The van der Waals surface area contributed by atoms with Crippen LogP contribution in [0.1, 0.15) is 33.1 Å².